The Bertz CT molecular complexity index is 1070. The van der Waals surface area contributed by atoms with Crippen LogP contribution in [0.4, 0.5) is 0 Å². The van der Waals surface area contributed by atoms with Crippen LogP contribution in [0, 0.1) is 0 Å². The highest BCUT2D eigenvalue weighted by atomic mass is 32.2. The normalized spacial score (nSPS) is 13.0. The number of carboxylic acids is 1. The van der Waals surface area contributed by atoms with Crippen molar-refractivity contribution in [2.75, 3.05) is 12.0 Å². The molecule has 0 saturated carbocycles. The van der Waals surface area contributed by atoms with E-state index in [1.807, 2.05) is 6.26 Å². The molecular formula is C21H20N3O4S-. The molecule has 1 aromatic heterocycles. The zero-order chi connectivity index (χ0) is 20.8. The van der Waals surface area contributed by atoms with Crippen LogP contribution >= 0.6 is 11.8 Å². The van der Waals surface area contributed by atoms with E-state index in [1.54, 1.807) is 54.6 Å². The van der Waals surface area contributed by atoms with Gasteiger partial charge in [0, 0.05) is 0 Å². The van der Waals surface area contributed by atoms with E-state index in [9.17, 15) is 19.5 Å². The zero-order valence-corrected chi connectivity index (χ0v) is 16.6. The van der Waals surface area contributed by atoms with Gasteiger partial charge in [-0.2, -0.15) is 11.8 Å². The highest BCUT2D eigenvalue weighted by molar-refractivity contribution is 7.98. The minimum Gasteiger partial charge on any atom is -0.548 e. The lowest BCUT2D eigenvalue weighted by Crippen LogP contribution is -2.45. The maximum atomic E-state index is 13.0. The number of thioether (sulfide) groups is 1. The van der Waals surface area contributed by atoms with Crippen LogP contribution in [0.2, 0.25) is 0 Å². The fraction of sp³-hybridized carbons (Fsp3) is 0.238. The number of fused-ring (bicyclic) bond motifs is 1. The van der Waals surface area contributed by atoms with Crippen molar-refractivity contribution in [2.45, 2.75) is 18.5 Å². The first-order valence-electron chi connectivity index (χ1n) is 9.04. The van der Waals surface area contributed by atoms with Crippen LogP contribution in [0.1, 0.15) is 24.1 Å². The largest absolute Gasteiger partial charge is 0.548 e. The van der Waals surface area contributed by atoms with Crippen LogP contribution in [0.5, 0.6) is 0 Å². The van der Waals surface area contributed by atoms with Gasteiger partial charge in [-0.15, -0.1) is 0 Å². The smallest absolute Gasteiger partial charge is 0.261 e. The number of nitrogens with zero attached hydrogens (tertiary/aromatic N) is 2. The second-order valence-corrected chi connectivity index (χ2v) is 7.43. The van der Waals surface area contributed by atoms with Gasteiger partial charge in [-0.1, -0.05) is 42.5 Å². The maximum Gasteiger partial charge on any atom is 0.261 e. The molecule has 3 aromatic rings. The molecule has 2 aromatic carbocycles. The van der Waals surface area contributed by atoms with Crippen LogP contribution in [-0.4, -0.2) is 33.4 Å². The Hall–Kier alpha value is -3.13. The summed E-state index contributed by atoms with van der Waals surface area (Å²) >= 11 is 1.53. The summed E-state index contributed by atoms with van der Waals surface area (Å²) in [4.78, 5) is 41.9. The third kappa shape index (κ3) is 4.65. The Morgan fingerprint density at radius 3 is 2.52 bits per heavy atom. The molecule has 0 saturated heterocycles. The van der Waals surface area contributed by atoms with E-state index in [2.05, 4.69) is 10.3 Å². The molecule has 1 N–H and O–H groups in total. The van der Waals surface area contributed by atoms with Gasteiger partial charge in [0.25, 0.3) is 5.56 Å². The molecular weight excluding hydrogens is 390 g/mol. The molecule has 150 valence electrons. The van der Waals surface area contributed by atoms with Gasteiger partial charge < -0.3 is 15.2 Å². The van der Waals surface area contributed by atoms with Crippen LogP contribution in [0.15, 0.2) is 65.7 Å². The molecule has 0 spiro atoms. The minimum atomic E-state index is -1.42. The minimum absolute atomic E-state index is 0.346. The van der Waals surface area contributed by atoms with Gasteiger partial charge in [-0.05, 0) is 36.1 Å². The second kappa shape index (κ2) is 9.38. The highest BCUT2D eigenvalue weighted by Gasteiger charge is 2.25. The number of carboxylic acid groups (broad SMARTS) is 1. The number of carbonyl (C=O) groups is 2. The first-order valence-corrected chi connectivity index (χ1v) is 10.4. The maximum absolute atomic E-state index is 13.0. The highest BCUT2D eigenvalue weighted by Crippen LogP contribution is 2.18. The van der Waals surface area contributed by atoms with Gasteiger partial charge in [0.05, 0.1) is 29.2 Å². The number of para-hydroxylation sites is 1. The Balaban J connectivity index is 1.96. The summed E-state index contributed by atoms with van der Waals surface area (Å²) in [7, 11) is 0. The summed E-state index contributed by atoms with van der Waals surface area (Å²) in [5, 5.41) is 14.6. The Labute approximate surface area is 171 Å². The van der Waals surface area contributed by atoms with E-state index in [0.29, 0.717) is 28.6 Å². The number of nitrogens with one attached hydrogen (secondary N) is 1. The van der Waals surface area contributed by atoms with E-state index in [-0.39, 0.29) is 5.56 Å². The van der Waals surface area contributed by atoms with Gasteiger partial charge in [0.2, 0.25) is 5.91 Å². The van der Waals surface area contributed by atoms with Crippen molar-refractivity contribution in [3.05, 3.63) is 76.8 Å². The monoisotopic (exact) mass is 410 g/mol. The van der Waals surface area contributed by atoms with E-state index in [0.717, 1.165) is 0 Å². The number of hydrogen-bond donors (Lipinski definition) is 1. The predicted octanol–water partition coefficient (Wildman–Crippen LogP) is 1.30. The number of amides is 1. The molecule has 2 atom stereocenters. The molecule has 0 radical (unpaired) electrons. The molecule has 0 unspecified atom stereocenters. The lowest BCUT2D eigenvalue weighted by atomic mass is 10.1. The SMILES string of the molecule is CSCC[C@@H](C(=O)N[C@H](C(=O)[O-])c1ccccc1)n1cnc2ccccc2c1=O. The zero-order valence-electron chi connectivity index (χ0n) is 15.8. The Morgan fingerprint density at radius 2 is 1.83 bits per heavy atom. The number of benzene rings is 2. The van der Waals surface area contributed by atoms with E-state index >= 15 is 0 Å². The molecule has 3 rings (SSSR count). The number of rotatable bonds is 8. The van der Waals surface area contributed by atoms with Gasteiger partial charge >= 0.3 is 0 Å². The number of aromatic nitrogens is 2. The Morgan fingerprint density at radius 1 is 1.14 bits per heavy atom. The van der Waals surface area contributed by atoms with Crippen molar-refractivity contribution in [1.29, 1.82) is 0 Å². The van der Waals surface area contributed by atoms with Gasteiger partial charge in [-0.25, -0.2) is 4.98 Å². The molecule has 0 bridgehead atoms. The summed E-state index contributed by atoms with van der Waals surface area (Å²) < 4.78 is 1.27. The van der Waals surface area contributed by atoms with Crippen LogP contribution in [0.3, 0.4) is 0 Å². The number of aliphatic carboxylic acids is 1. The van der Waals surface area contributed by atoms with Crippen molar-refractivity contribution in [3.63, 3.8) is 0 Å². The molecule has 0 aliphatic rings. The van der Waals surface area contributed by atoms with Crippen LogP contribution in [0.25, 0.3) is 10.9 Å². The van der Waals surface area contributed by atoms with E-state index in [1.165, 1.54) is 22.7 Å². The molecule has 7 nitrogen and oxygen atoms in total. The van der Waals surface area contributed by atoms with Crippen LogP contribution < -0.4 is 16.0 Å². The van der Waals surface area contributed by atoms with Crippen molar-refractivity contribution in [2.24, 2.45) is 0 Å². The molecule has 0 aliphatic heterocycles. The third-order valence-electron chi connectivity index (χ3n) is 4.58. The van der Waals surface area contributed by atoms with Gasteiger partial charge in [-0.3, -0.25) is 14.2 Å². The van der Waals surface area contributed by atoms with Crippen molar-refractivity contribution in [3.8, 4) is 0 Å². The summed E-state index contributed by atoms with van der Waals surface area (Å²) in [6.45, 7) is 0. The average Bonchev–Trinajstić information content (AvgIpc) is 2.74. The third-order valence-corrected chi connectivity index (χ3v) is 5.22. The Kier molecular flexibility index (Phi) is 6.66. The van der Waals surface area contributed by atoms with Gasteiger partial charge in [0.15, 0.2) is 0 Å². The predicted molar refractivity (Wildman–Crippen MR) is 110 cm³/mol. The number of carbonyl (C=O) groups excluding carboxylic acids is 2. The first kappa shape index (κ1) is 20.6. The molecule has 0 fully saturated rings. The fourth-order valence-corrected chi connectivity index (χ4v) is 3.55. The van der Waals surface area contributed by atoms with E-state index < -0.39 is 24.0 Å². The lowest BCUT2D eigenvalue weighted by molar-refractivity contribution is -0.308. The summed E-state index contributed by atoms with van der Waals surface area (Å²) in [5.74, 6) is -1.38. The average molecular weight is 410 g/mol. The summed E-state index contributed by atoms with van der Waals surface area (Å²) in [6.07, 6.45) is 3.58. The molecule has 1 heterocycles. The first-order chi connectivity index (χ1) is 14.0. The quantitative estimate of drug-likeness (QED) is 0.600. The topological polar surface area (TPSA) is 104 Å². The molecule has 29 heavy (non-hydrogen) atoms. The van der Waals surface area contributed by atoms with Crippen molar-refractivity contribution >= 4 is 34.5 Å². The molecule has 0 aliphatic carbocycles. The van der Waals surface area contributed by atoms with Crippen molar-refractivity contribution < 1.29 is 14.7 Å². The van der Waals surface area contributed by atoms with Crippen molar-refractivity contribution in [1.82, 2.24) is 14.9 Å². The van der Waals surface area contributed by atoms with Gasteiger partial charge in [0.1, 0.15) is 6.04 Å². The van der Waals surface area contributed by atoms with E-state index in [4.69, 9.17) is 0 Å². The van der Waals surface area contributed by atoms with Crippen LogP contribution in [-0.2, 0) is 9.59 Å². The second-order valence-electron chi connectivity index (χ2n) is 6.44. The summed E-state index contributed by atoms with van der Waals surface area (Å²) in [5.41, 5.74) is 0.588. The summed E-state index contributed by atoms with van der Waals surface area (Å²) in [6, 6.07) is 13.0. The fourth-order valence-electron chi connectivity index (χ4n) is 3.09. The number of hydrogen-bond acceptors (Lipinski definition) is 6. The molecule has 8 heteroatoms. The molecule has 1 amide bonds. The standard InChI is InChI=1S/C21H21N3O4S/c1-29-12-11-17(24-13-22-16-10-6-5-9-15(16)20(24)26)19(25)23-18(21(27)28)14-7-3-2-4-8-14/h2-10,13,17-18H,11-12H2,1H3,(H,23,25)(H,27,28)/p-1/t17-,18-/m0/s1. The lowest BCUT2D eigenvalue weighted by Gasteiger charge is -2.25.